The molecule has 4 rings (SSSR count). The molecular weight excluding hydrogens is 404 g/mol. The molecule has 0 bridgehead atoms. The number of aromatic nitrogens is 4. The molecule has 0 N–H and O–H groups in total. The zero-order valence-electron chi connectivity index (χ0n) is 18.7. The number of carbonyl (C=O) groups excluding carboxylic acids is 1. The van der Waals surface area contributed by atoms with Gasteiger partial charge in [-0.05, 0) is 30.5 Å². The molecule has 0 atom stereocenters. The Morgan fingerprint density at radius 3 is 2.41 bits per heavy atom. The lowest BCUT2D eigenvalue weighted by Crippen LogP contribution is -2.50. The molecule has 3 aromatic rings. The van der Waals surface area contributed by atoms with Gasteiger partial charge in [-0.2, -0.15) is 0 Å². The van der Waals surface area contributed by atoms with Gasteiger partial charge in [-0.25, -0.2) is 4.98 Å². The fourth-order valence-corrected chi connectivity index (χ4v) is 3.80. The Kier molecular flexibility index (Phi) is 6.30. The van der Waals surface area contributed by atoms with Crippen LogP contribution in [0.2, 0.25) is 0 Å². The number of nitrogens with zero attached hydrogens (tertiary/aromatic N) is 6. The van der Waals surface area contributed by atoms with Crippen LogP contribution in [0.15, 0.2) is 53.6 Å². The fraction of sp³-hybridized carbons (Fsp3) is 0.375. The monoisotopic (exact) mass is 432 g/mol. The van der Waals surface area contributed by atoms with Crippen LogP contribution in [0, 0.1) is 6.92 Å². The summed E-state index contributed by atoms with van der Waals surface area (Å²) in [4.78, 5) is 33.2. The molecule has 8 nitrogen and oxygen atoms in total. The third-order valence-corrected chi connectivity index (χ3v) is 5.83. The van der Waals surface area contributed by atoms with Gasteiger partial charge in [-0.15, -0.1) is 10.2 Å². The Balaban J connectivity index is 1.35. The lowest BCUT2D eigenvalue weighted by molar-refractivity contribution is -0.132. The van der Waals surface area contributed by atoms with Crippen LogP contribution in [0.4, 0.5) is 5.82 Å². The minimum atomic E-state index is -0.195. The highest BCUT2D eigenvalue weighted by Gasteiger charge is 2.23. The summed E-state index contributed by atoms with van der Waals surface area (Å²) in [6.45, 7) is 8.53. The van der Waals surface area contributed by atoms with Crippen LogP contribution in [-0.2, 0) is 11.3 Å². The summed E-state index contributed by atoms with van der Waals surface area (Å²) >= 11 is 0. The number of hydrogen-bond acceptors (Lipinski definition) is 6. The Morgan fingerprint density at radius 1 is 1.03 bits per heavy atom. The number of rotatable bonds is 5. The first-order valence-electron chi connectivity index (χ1n) is 10.9. The second kappa shape index (κ2) is 9.30. The quantitative estimate of drug-likeness (QED) is 0.616. The van der Waals surface area contributed by atoms with E-state index in [-0.39, 0.29) is 23.9 Å². The molecule has 1 aliphatic heterocycles. The molecule has 8 heteroatoms. The van der Waals surface area contributed by atoms with Crippen LogP contribution in [0.25, 0.3) is 11.3 Å². The standard InChI is InChI=1S/C24H28N6O2/c1-17(2)21-14-23(31)30(16-25-21)15-24(32)29-12-10-28(11-13-29)22-9-8-20(26-27-22)19-7-5-4-6-18(19)3/h4-9,14,16-17H,10-13,15H2,1-3H3. The summed E-state index contributed by atoms with van der Waals surface area (Å²) in [5.74, 6) is 0.904. The molecule has 1 amide bonds. The maximum absolute atomic E-state index is 12.7. The molecule has 0 aliphatic carbocycles. The number of benzene rings is 1. The molecule has 0 unspecified atom stereocenters. The van der Waals surface area contributed by atoms with Crippen LogP contribution in [-0.4, -0.2) is 56.7 Å². The minimum Gasteiger partial charge on any atom is -0.352 e. The lowest BCUT2D eigenvalue weighted by Gasteiger charge is -2.35. The number of hydrogen-bond donors (Lipinski definition) is 0. The van der Waals surface area contributed by atoms with E-state index in [0.717, 1.165) is 28.3 Å². The van der Waals surface area contributed by atoms with Gasteiger partial charge < -0.3 is 9.80 Å². The molecule has 32 heavy (non-hydrogen) atoms. The Labute approximate surface area is 187 Å². The van der Waals surface area contributed by atoms with Gasteiger partial charge in [0.15, 0.2) is 5.82 Å². The smallest absolute Gasteiger partial charge is 0.254 e. The van der Waals surface area contributed by atoms with Gasteiger partial charge in [0, 0.05) is 37.8 Å². The number of piperazine rings is 1. The van der Waals surface area contributed by atoms with Crippen molar-refractivity contribution in [3.63, 3.8) is 0 Å². The van der Waals surface area contributed by atoms with Crippen LogP contribution in [0.1, 0.15) is 31.0 Å². The van der Waals surface area contributed by atoms with Gasteiger partial charge in [0.2, 0.25) is 5.91 Å². The van der Waals surface area contributed by atoms with Crippen molar-refractivity contribution in [2.75, 3.05) is 31.1 Å². The second-order valence-corrected chi connectivity index (χ2v) is 8.39. The van der Waals surface area contributed by atoms with E-state index in [1.54, 1.807) is 4.90 Å². The number of anilines is 1. The minimum absolute atomic E-state index is 0.00907. The summed E-state index contributed by atoms with van der Waals surface area (Å²) in [6, 6.07) is 13.6. The van der Waals surface area contributed by atoms with E-state index in [9.17, 15) is 9.59 Å². The first-order chi connectivity index (χ1) is 15.4. The van der Waals surface area contributed by atoms with Crippen molar-refractivity contribution in [2.24, 2.45) is 0 Å². The number of aryl methyl sites for hydroxylation is 1. The third-order valence-electron chi connectivity index (χ3n) is 5.83. The van der Waals surface area contributed by atoms with E-state index < -0.39 is 0 Å². The van der Waals surface area contributed by atoms with E-state index in [1.165, 1.54) is 17.0 Å². The zero-order chi connectivity index (χ0) is 22.7. The van der Waals surface area contributed by atoms with Crippen molar-refractivity contribution >= 4 is 11.7 Å². The summed E-state index contributed by atoms with van der Waals surface area (Å²) < 4.78 is 1.37. The van der Waals surface area contributed by atoms with E-state index in [4.69, 9.17) is 0 Å². The largest absolute Gasteiger partial charge is 0.352 e. The van der Waals surface area contributed by atoms with Gasteiger partial charge in [0.1, 0.15) is 6.54 Å². The summed E-state index contributed by atoms with van der Waals surface area (Å²) in [5, 5.41) is 8.82. The van der Waals surface area contributed by atoms with E-state index in [2.05, 4.69) is 33.1 Å². The highest BCUT2D eigenvalue weighted by atomic mass is 16.2. The Hall–Kier alpha value is -3.55. The molecule has 0 saturated carbocycles. The van der Waals surface area contributed by atoms with Crippen molar-refractivity contribution in [1.29, 1.82) is 0 Å². The van der Waals surface area contributed by atoms with Crippen molar-refractivity contribution in [1.82, 2.24) is 24.6 Å². The number of amides is 1. The van der Waals surface area contributed by atoms with Gasteiger partial charge >= 0.3 is 0 Å². The summed E-state index contributed by atoms with van der Waals surface area (Å²) in [7, 11) is 0. The summed E-state index contributed by atoms with van der Waals surface area (Å²) in [6.07, 6.45) is 1.47. The number of carbonyl (C=O) groups is 1. The van der Waals surface area contributed by atoms with Crippen LogP contribution >= 0.6 is 0 Å². The van der Waals surface area contributed by atoms with E-state index >= 15 is 0 Å². The topological polar surface area (TPSA) is 84.2 Å². The molecular formula is C24H28N6O2. The highest BCUT2D eigenvalue weighted by Crippen LogP contribution is 2.22. The molecule has 166 valence electrons. The zero-order valence-corrected chi connectivity index (χ0v) is 18.7. The van der Waals surface area contributed by atoms with Gasteiger partial charge in [0.05, 0.1) is 17.7 Å². The molecule has 2 aromatic heterocycles. The average molecular weight is 433 g/mol. The van der Waals surface area contributed by atoms with Gasteiger partial charge in [0.25, 0.3) is 5.56 Å². The highest BCUT2D eigenvalue weighted by molar-refractivity contribution is 5.76. The molecule has 1 fully saturated rings. The van der Waals surface area contributed by atoms with Crippen molar-refractivity contribution < 1.29 is 4.79 Å². The SMILES string of the molecule is Cc1ccccc1-c1ccc(N2CCN(C(=O)Cn3cnc(C(C)C)cc3=O)CC2)nn1. The molecule has 1 aliphatic rings. The van der Waals surface area contributed by atoms with E-state index in [0.29, 0.717) is 26.2 Å². The summed E-state index contributed by atoms with van der Waals surface area (Å²) in [5.41, 5.74) is 3.63. The van der Waals surface area contributed by atoms with Crippen molar-refractivity contribution in [3.05, 3.63) is 70.4 Å². The first kappa shape index (κ1) is 21.7. The fourth-order valence-electron chi connectivity index (χ4n) is 3.80. The van der Waals surface area contributed by atoms with Crippen LogP contribution in [0.3, 0.4) is 0 Å². The molecule has 3 heterocycles. The predicted octanol–water partition coefficient (Wildman–Crippen LogP) is 2.48. The lowest BCUT2D eigenvalue weighted by atomic mass is 10.1. The van der Waals surface area contributed by atoms with Gasteiger partial charge in [-0.1, -0.05) is 38.1 Å². The second-order valence-electron chi connectivity index (χ2n) is 8.39. The molecule has 0 radical (unpaired) electrons. The maximum Gasteiger partial charge on any atom is 0.254 e. The average Bonchev–Trinajstić information content (AvgIpc) is 2.81. The Bertz CT molecular complexity index is 1150. The predicted molar refractivity (Wildman–Crippen MR) is 124 cm³/mol. The Morgan fingerprint density at radius 2 is 1.78 bits per heavy atom. The van der Waals surface area contributed by atoms with E-state index in [1.807, 2.05) is 44.2 Å². The third kappa shape index (κ3) is 4.69. The maximum atomic E-state index is 12.7. The molecule has 1 aromatic carbocycles. The van der Waals surface area contributed by atoms with Gasteiger partial charge in [-0.3, -0.25) is 14.2 Å². The van der Waals surface area contributed by atoms with Crippen LogP contribution in [0.5, 0.6) is 0 Å². The molecule has 0 spiro atoms. The normalized spacial score (nSPS) is 14.1. The first-order valence-corrected chi connectivity index (χ1v) is 10.9. The molecule has 1 saturated heterocycles. The van der Waals surface area contributed by atoms with Crippen LogP contribution < -0.4 is 10.5 Å². The van der Waals surface area contributed by atoms with Crippen molar-refractivity contribution in [3.8, 4) is 11.3 Å². The van der Waals surface area contributed by atoms with Crippen molar-refractivity contribution in [2.45, 2.75) is 33.2 Å².